The molecule has 0 aliphatic carbocycles. The average Bonchev–Trinajstić information content (AvgIpc) is 2.24. The number of nitrogens with one attached hydrogen (secondary N) is 1. The predicted molar refractivity (Wildman–Crippen MR) is 72.4 cm³/mol. The molecule has 0 aliphatic rings. The number of benzene rings is 1. The zero-order chi connectivity index (χ0) is 12.0. The zero-order valence-electron chi connectivity index (χ0n) is 10.8. The van der Waals surface area contributed by atoms with Gasteiger partial charge in [0.2, 0.25) is 0 Å². The first kappa shape index (κ1) is 13.0. The van der Waals surface area contributed by atoms with Crippen LogP contribution in [0.25, 0.3) is 6.08 Å². The minimum atomic E-state index is 0.320. The highest BCUT2D eigenvalue weighted by Crippen LogP contribution is 2.18. The second kappa shape index (κ2) is 5.86. The molecule has 0 fully saturated rings. The van der Waals surface area contributed by atoms with E-state index in [1.807, 2.05) is 6.07 Å². The molecule has 0 heterocycles. The molecule has 1 aromatic rings. The van der Waals surface area contributed by atoms with Gasteiger partial charge in [0.15, 0.2) is 0 Å². The Balaban J connectivity index is 2.34. The summed E-state index contributed by atoms with van der Waals surface area (Å²) in [6.45, 7) is 9.92. The lowest BCUT2D eigenvalue weighted by atomic mass is 9.88. The second-order valence-electron chi connectivity index (χ2n) is 5.31. The van der Waals surface area contributed by atoms with Gasteiger partial charge in [0.25, 0.3) is 0 Å². The van der Waals surface area contributed by atoms with Crippen molar-refractivity contribution in [3.63, 3.8) is 0 Å². The highest BCUT2D eigenvalue weighted by molar-refractivity contribution is 5.48. The van der Waals surface area contributed by atoms with E-state index in [4.69, 9.17) is 0 Å². The van der Waals surface area contributed by atoms with Gasteiger partial charge in [-0.25, -0.2) is 0 Å². The van der Waals surface area contributed by atoms with E-state index in [9.17, 15) is 0 Å². The molecule has 1 atom stereocenters. The lowest BCUT2D eigenvalue weighted by molar-refractivity contribution is 0.294. The molecule has 1 heteroatoms. The number of hydrogen-bond acceptors (Lipinski definition) is 1. The number of rotatable bonds is 4. The molecule has 1 nitrogen and oxygen atoms in total. The number of hydrogen-bond donors (Lipinski definition) is 1. The Morgan fingerprint density at radius 2 is 1.81 bits per heavy atom. The van der Waals surface area contributed by atoms with Crippen molar-refractivity contribution in [1.29, 1.82) is 0 Å². The lowest BCUT2D eigenvalue weighted by Gasteiger charge is -2.27. The van der Waals surface area contributed by atoms with Crippen LogP contribution in [0.5, 0.6) is 0 Å². The summed E-state index contributed by atoms with van der Waals surface area (Å²) in [4.78, 5) is 0. The maximum atomic E-state index is 3.51. The Kier molecular flexibility index (Phi) is 4.75. The Labute approximate surface area is 99.6 Å². The quantitative estimate of drug-likeness (QED) is 0.810. The van der Waals surface area contributed by atoms with Crippen LogP contribution in [0, 0.1) is 5.41 Å². The Bertz CT molecular complexity index is 319. The van der Waals surface area contributed by atoms with Crippen LogP contribution in [0.1, 0.15) is 33.3 Å². The molecule has 0 bridgehead atoms. The molecule has 88 valence electrons. The third kappa shape index (κ3) is 4.63. The zero-order valence-corrected chi connectivity index (χ0v) is 10.8. The Hall–Kier alpha value is -1.08. The highest BCUT2D eigenvalue weighted by atomic mass is 14.9. The van der Waals surface area contributed by atoms with E-state index >= 15 is 0 Å². The van der Waals surface area contributed by atoms with Crippen LogP contribution < -0.4 is 5.32 Å². The van der Waals surface area contributed by atoms with Gasteiger partial charge in [-0.1, -0.05) is 63.3 Å². The molecule has 0 aliphatic heterocycles. The van der Waals surface area contributed by atoms with Gasteiger partial charge in [-0.2, -0.15) is 0 Å². The molecule has 0 spiro atoms. The fraction of sp³-hybridized carbons (Fsp3) is 0.467. The fourth-order valence-corrected chi connectivity index (χ4v) is 1.31. The van der Waals surface area contributed by atoms with Gasteiger partial charge in [-0.3, -0.25) is 0 Å². The summed E-state index contributed by atoms with van der Waals surface area (Å²) in [6.07, 6.45) is 4.33. The minimum Gasteiger partial charge on any atom is -0.310 e. The Morgan fingerprint density at radius 3 is 2.38 bits per heavy atom. The molecule has 0 radical (unpaired) electrons. The molecule has 1 unspecified atom stereocenters. The van der Waals surface area contributed by atoms with Gasteiger partial charge in [-0.15, -0.1) is 0 Å². The molecule has 1 rings (SSSR count). The van der Waals surface area contributed by atoms with Crippen molar-refractivity contribution >= 4 is 6.08 Å². The predicted octanol–water partition coefficient (Wildman–Crippen LogP) is 3.72. The maximum absolute atomic E-state index is 3.51. The monoisotopic (exact) mass is 217 g/mol. The molecule has 0 aromatic heterocycles. The van der Waals surface area contributed by atoms with Crippen LogP contribution >= 0.6 is 0 Å². The van der Waals surface area contributed by atoms with Gasteiger partial charge in [0, 0.05) is 12.6 Å². The van der Waals surface area contributed by atoms with Gasteiger partial charge in [-0.05, 0) is 17.9 Å². The van der Waals surface area contributed by atoms with Crippen molar-refractivity contribution in [3.8, 4) is 0 Å². The van der Waals surface area contributed by atoms with Crippen LogP contribution in [0.15, 0.2) is 36.4 Å². The fourth-order valence-electron chi connectivity index (χ4n) is 1.31. The van der Waals surface area contributed by atoms with Crippen molar-refractivity contribution in [1.82, 2.24) is 5.32 Å². The molecule has 1 aromatic carbocycles. The third-order valence-corrected chi connectivity index (χ3v) is 2.95. The van der Waals surface area contributed by atoms with E-state index < -0.39 is 0 Å². The van der Waals surface area contributed by atoms with E-state index in [1.165, 1.54) is 5.56 Å². The average molecular weight is 217 g/mol. The molecular weight excluding hydrogens is 194 g/mol. The normalized spacial score (nSPS) is 14.2. The van der Waals surface area contributed by atoms with E-state index in [0.29, 0.717) is 11.5 Å². The summed E-state index contributed by atoms with van der Waals surface area (Å²) in [6, 6.07) is 10.9. The van der Waals surface area contributed by atoms with Crippen molar-refractivity contribution in [3.05, 3.63) is 42.0 Å². The summed E-state index contributed by atoms with van der Waals surface area (Å²) in [5.74, 6) is 0. The first-order chi connectivity index (χ1) is 7.50. The molecule has 16 heavy (non-hydrogen) atoms. The van der Waals surface area contributed by atoms with Crippen LogP contribution in [0.4, 0.5) is 0 Å². The van der Waals surface area contributed by atoms with Crippen molar-refractivity contribution in [2.75, 3.05) is 6.54 Å². The van der Waals surface area contributed by atoms with E-state index in [1.54, 1.807) is 0 Å². The smallest absolute Gasteiger partial charge is 0.0140 e. The summed E-state index contributed by atoms with van der Waals surface area (Å²) in [7, 11) is 0. The van der Waals surface area contributed by atoms with Crippen LogP contribution in [0.2, 0.25) is 0 Å². The lowest BCUT2D eigenvalue weighted by Crippen LogP contribution is -2.37. The minimum absolute atomic E-state index is 0.320. The first-order valence-electron chi connectivity index (χ1n) is 5.95. The SMILES string of the molecule is CC(NC/C=C/c1ccccc1)C(C)(C)C. The summed E-state index contributed by atoms with van der Waals surface area (Å²) < 4.78 is 0. The van der Waals surface area contributed by atoms with Gasteiger partial charge >= 0.3 is 0 Å². The van der Waals surface area contributed by atoms with Gasteiger partial charge < -0.3 is 5.32 Å². The molecular formula is C15H23N. The van der Waals surface area contributed by atoms with Crippen LogP contribution in [0.3, 0.4) is 0 Å². The molecule has 0 saturated heterocycles. The van der Waals surface area contributed by atoms with Crippen molar-refractivity contribution in [2.24, 2.45) is 5.41 Å². The van der Waals surface area contributed by atoms with E-state index in [2.05, 4.69) is 69.4 Å². The highest BCUT2D eigenvalue weighted by Gasteiger charge is 2.18. The maximum Gasteiger partial charge on any atom is 0.0140 e. The third-order valence-electron chi connectivity index (χ3n) is 2.95. The van der Waals surface area contributed by atoms with E-state index in [0.717, 1.165) is 6.54 Å². The summed E-state index contributed by atoms with van der Waals surface area (Å²) in [5.41, 5.74) is 1.58. The molecule has 1 N–H and O–H groups in total. The summed E-state index contributed by atoms with van der Waals surface area (Å²) in [5, 5.41) is 3.51. The van der Waals surface area contributed by atoms with Gasteiger partial charge in [0.1, 0.15) is 0 Å². The standard InChI is InChI=1S/C15H23N/c1-13(15(2,3)4)16-12-8-11-14-9-6-5-7-10-14/h5-11,13,16H,12H2,1-4H3/b11-8+. The largest absolute Gasteiger partial charge is 0.310 e. The van der Waals surface area contributed by atoms with Crippen LogP contribution in [-0.2, 0) is 0 Å². The van der Waals surface area contributed by atoms with Crippen LogP contribution in [-0.4, -0.2) is 12.6 Å². The molecule has 0 amide bonds. The first-order valence-corrected chi connectivity index (χ1v) is 5.95. The molecule has 0 saturated carbocycles. The van der Waals surface area contributed by atoms with Gasteiger partial charge in [0.05, 0.1) is 0 Å². The topological polar surface area (TPSA) is 12.0 Å². The van der Waals surface area contributed by atoms with Crippen molar-refractivity contribution < 1.29 is 0 Å². The Morgan fingerprint density at radius 1 is 1.19 bits per heavy atom. The summed E-state index contributed by atoms with van der Waals surface area (Å²) >= 11 is 0. The van der Waals surface area contributed by atoms with Crippen molar-refractivity contribution in [2.45, 2.75) is 33.7 Å². The van der Waals surface area contributed by atoms with E-state index in [-0.39, 0.29) is 0 Å². The second-order valence-corrected chi connectivity index (χ2v) is 5.31.